The van der Waals surface area contributed by atoms with Gasteiger partial charge in [-0.05, 0) is 44.5 Å². The normalized spacial score (nSPS) is 11.0. The van der Waals surface area contributed by atoms with Crippen molar-refractivity contribution in [2.24, 2.45) is 0 Å². The van der Waals surface area contributed by atoms with Gasteiger partial charge in [0.05, 0.1) is 11.4 Å². The average Bonchev–Trinajstić information content (AvgIpc) is 2.61. The molecule has 0 aliphatic carbocycles. The Labute approximate surface area is 95.9 Å². The van der Waals surface area contributed by atoms with Crippen LogP contribution in [-0.2, 0) is 0 Å². The fourth-order valence-corrected chi connectivity index (χ4v) is 1.78. The van der Waals surface area contributed by atoms with Crippen LogP contribution in [0.2, 0.25) is 0 Å². The number of aryl methyl sites for hydroxylation is 1. The molecule has 84 valence electrons. The highest BCUT2D eigenvalue weighted by atomic mass is 15.3. The van der Waals surface area contributed by atoms with Gasteiger partial charge in [0.2, 0.25) is 0 Å². The van der Waals surface area contributed by atoms with Crippen LogP contribution in [0.25, 0.3) is 11.3 Å². The molecular weight excluding hydrogens is 198 g/mol. The summed E-state index contributed by atoms with van der Waals surface area (Å²) >= 11 is 0. The van der Waals surface area contributed by atoms with Crippen molar-refractivity contribution in [3.63, 3.8) is 0 Å². The molecule has 0 saturated heterocycles. The molecule has 2 N–H and O–H groups in total. The lowest BCUT2D eigenvalue weighted by Crippen LogP contribution is -2.04. The van der Waals surface area contributed by atoms with E-state index in [1.54, 1.807) is 0 Å². The lowest BCUT2D eigenvalue weighted by molar-refractivity contribution is 0.535. The minimum absolute atomic E-state index is 0.362. The molecule has 0 fully saturated rings. The zero-order chi connectivity index (χ0) is 11.7. The molecule has 0 bridgehead atoms. The molecule has 1 aromatic carbocycles. The van der Waals surface area contributed by atoms with E-state index in [1.165, 1.54) is 0 Å². The summed E-state index contributed by atoms with van der Waals surface area (Å²) in [5.41, 5.74) is 9.82. The van der Waals surface area contributed by atoms with E-state index in [4.69, 9.17) is 5.73 Å². The van der Waals surface area contributed by atoms with E-state index in [0.717, 1.165) is 22.6 Å². The third-order valence-corrected chi connectivity index (χ3v) is 2.55. The van der Waals surface area contributed by atoms with Gasteiger partial charge < -0.3 is 5.73 Å². The number of nitrogen functional groups attached to an aromatic ring is 1. The molecular formula is C13H17N3. The molecule has 0 saturated carbocycles. The lowest BCUT2D eigenvalue weighted by atomic mass is 10.1. The number of rotatable bonds is 2. The average molecular weight is 215 g/mol. The first-order chi connectivity index (χ1) is 7.58. The third kappa shape index (κ3) is 1.94. The smallest absolute Gasteiger partial charge is 0.0688 e. The van der Waals surface area contributed by atoms with Crippen molar-refractivity contribution in [1.82, 2.24) is 9.78 Å². The van der Waals surface area contributed by atoms with Crippen LogP contribution in [0.1, 0.15) is 25.6 Å². The van der Waals surface area contributed by atoms with Gasteiger partial charge in [-0.1, -0.05) is 12.1 Å². The number of hydrogen-bond donors (Lipinski definition) is 1. The molecule has 1 aromatic heterocycles. The Morgan fingerprint density at radius 1 is 1.19 bits per heavy atom. The van der Waals surface area contributed by atoms with E-state index in [1.807, 2.05) is 35.9 Å². The van der Waals surface area contributed by atoms with Gasteiger partial charge in [0.25, 0.3) is 0 Å². The highest BCUT2D eigenvalue weighted by Gasteiger charge is 2.09. The number of hydrogen-bond acceptors (Lipinski definition) is 2. The third-order valence-electron chi connectivity index (χ3n) is 2.55. The Kier molecular flexibility index (Phi) is 2.69. The van der Waals surface area contributed by atoms with E-state index < -0.39 is 0 Å². The van der Waals surface area contributed by atoms with Crippen molar-refractivity contribution in [1.29, 1.82) is 0 Å². The zero-order valence-electron chi connectivity index (χ0n) is 9.94. The fraction of sp³-hybridized carbons (Fsp3) is 0.308. The van der Waals surface area contributed by atoms with Crippen LogP contribution in [0.5, 0.6) is 0 Å². The molecule has 1 heterocycles. The van der Waals surface area contributed by atoms with E-state index in [9.17, 15) is 0 Å². The van der Waals surface area contributed by atoms with Gasteiger partial charge in [-0.2, -0.15) is 5.10 Å². The van der Waals surface area contributed by atoms with E-state index >= 15 is 0 Å². The standard InChI is InChI=1S/C13H17N3/c1-9(2)16-13(8-10(3)15-16)11-4-6-12(14)7-5-11/h4-9H,14H2,1-3H3. The van der Waals surface area contributed by atoms with Crippen LogP contribution in [0.3, 0.4) is 0 Å². The maximum Gasteiger partial charge on any atom is 0.0688 e. The summed E-state index contributed by atoms with van der Waals surface area (Å²) < 4.78 is 2.04. The minimum atomic E-state index is 0.362. The lowest BCUT2D eigenvalue weighted by Gasteiger charge is -2.10. The summed E-state index contributed by atoms with van der Waals surface area (Å²) in [5, 5.41) is 4.49. The summed E-state index contributed by atoms with van der Waals surface area (Å²) in [7, 11) is 0. The zero-order valence-corrected chi connectivity index (χ0v) is 9.94. The summed E-state index contributed by atoms with van der Waals surface area (Å²) in [5.74, 6) is 0. The van der Waals surface area contributed by atoms with Crippen molar-refractivity contribution >= 4 is 5.69 Å². The highest BCUT2D eigenvalue weighted by molar-refractivity contribution is 5.62. The van der Waals surface area contributed by atoms with Crippen LogP contribution in [-0.4, -0.2) is 9.78 Å². The molecule has 0 unspecified atom stereocenters. The molecule has 16 heavy (non-hydrogen) atoms. The summed E-state index contributed by atoms with van der Waals surface area (Å²) in [4.78, 5) is 0. The van der Waals surface area contributed by atoms with Crippen LogP contribution >= 0.6 is 0 Å². The van der Waals surface area contributed by atoms with Gasteiger partial charge in [-0.15, -0.1) is 0 Å². The summed E-state index contributed by atoms with van der Waals surface area (Å²) in [6.07, 6.45) is 0. The van der Waals surface area contributed by atoms with Gasteiger partial charge in [0, 0.05) is 11.7 Å². The van der Waals surface area contributed by atoms with Gasteiger partial charge in [0.1, 0.15) is 0 Å². The highest BCUT2D eigenvalue weighted by Crippen LogP contribution is 2.24. The summed E-state index contributed by atoms with van der Waals surface area (Å²) in [6, 6.07) is 10.4. The van der Waals surface area contributed by atoms with Crippen LogP contribution in [0, 0.1) is 6.92 Å². The van der Waals surface area contributed by atoms with Crippen molar-refractivity contribution < 1.29 is 0 Å². The number of anilines is 1. The predicted octanol–water partition coefficient (Wildman–Crippen LogP) is 3.02. The van der Waals surface area contributed by atoms with E-state index in [2.05, 4.69) is 25.0 Å². The number of aromatic nitrogens is 2. The second-order valence-corrected chi connectivity index (χ2v) is 4.33. The quantitative estimate of drug-likeness (QED) is 0.782. The summed E-state index contributed by atoms with van der Waals surface area (Å²) in [6.45, 7) is 6.28. The topological polar surface area (TPSA) is 43.8 Å². The van der Waals surface area contributed by atoms with Gasteiger partial charge >= 0.3 is 0 Å². The molecule has 2 rings (SSSR count). The monoisotopic (exact) mass is 215 g/mol. The van der Waals surface area contributed by atoms with E-state index in [-0.39, 0.29) is 0 Å². The van der Waals surface area contributed by atoms with Crippen LogP contribution in [0.15, 0.2) is 30.3 Å². The predicted molar refractivity (Wildman–Crippen MR) is 67.2 cm³/mol. The molecule has 0 radical (unpaired) electrons. The SMILES string of the molecule is Cc1cc(-c2ccc(N)cc2)n(C(C)C)n1. The van der Waals surface area contributed by atoms with Crippen molar-refractivity contribution in [2.75, 3.05) is 5.73 Å². The van der Waals surface area contributed by atoms with Crippen LogP contribution in [0.4, 0.5) is 5.69 Å². The minimum Gasteiger partial charge on any atom is -0.399 e. The van der Waals surface area contributed by atoms with E-state index in [0.29, 0.717) is 6.04 Å². The fourth-order valence-electron chi connectivity index (χ4n) is 1.78. The van der Waals surface area contributed by atoms with Gasteiger partial charge in [-0.25, -0.2) is 0 Å². The molecule has 0 amide bonds. The number of nitrogens with two attached hydrogens (primary N) is 1. The van der Waals surface area contributed by atoms with Crippen molar-refractivity contribution in [2.45, 2.75) is 26.8 Å². The molecule has 0 aliphatic heterocycles. The Balaban J connectivity index is 2.50. The number of nitrogens with zero attached hydrogens (tertiary/aromatic N) is 2. The Morgan fingerprint density at radius 3 is 2.38 bits per heavy atom. The second-order valence-electron chi connectivity index (χ2n) is 4.33. The van der Waals surface area contributed by atoms with Gasteiger partial charge in [0.15, 0.2) is 0 Å². The molecule has 3 heteroatoms. The van der Waals surface area contributed by atoms with Crippen LogP contribution < -0.4 is 5.73 Å². The molecule has 0 aliphatic rings. The number of benzene rings is 1. The molecule has 3 nitrogen and oxygen atoms in total. The first-order valence-electron chi connectivity index (χ1n) is 5.50. The van der Waals surface area contributed by atoms with Crippen molar-refractivity contribution in [3.05, 3.63) is 36.0 Å². The maximum absolute atomic E-state index is 5.69. The maximum atomic E-state index is 5.69. The largest absolute Gasteiger partial charge is 0.399 e. The first kappa shape index (κ1) is 10.7. The van der Waals surface area contributed by atoms with Gasteiger partial charge in [-0.3, -0.25) is 4.68 Å². The Morgan fingerprint density at radius 2 is 1.81 bits per heavy atom. The second kappa shape index (κ2) is 4.00. The first-order valence-corrected chi connectivity index (χ1v) is 5.50. The molecule has 0 atom stereocenters. The van der Waals surface area contributed by atoms with Crippen molar-refractivity contribution in [3.8, 4) is 11.3 Å². The molecule has 0 spiro atoms. The molecule has 2 aromatic rings. The Bertz CT molecular complexity index is 480. The Hall–Kier alpha value is -1.77.